The Hall–Kier alpha value is -1.94. The standard InChI is InChI=1S/C12H12N4O2S/c13-7-9-3-4-12-11(6-9)14-15-16(12)8-10-2-1-5-19(10,17)18/h3-4,6,10H,1-2,5,8H2. The van der Waals surface area contributed by atoms with Crippen molar-refractivity contribution in [3.8, 4) is 6.07 Å². The topological polar surface area (TPSA) is 88.6 Å². The summed E-state index contributed by atoms with van der Waals surface area (Å²) < 4.78 is 25.3. The third-order valence-electron chi connectivity index (χ3n) is 3.48. The second-order valence-electron chi connectivity index (χ2n) is 4.72. The average molecular weight is 276 g/mol. The summed E-state index contributed by atoms with van der Waals surface area (Å²) in [6, 6.07) is 7.14. The Kier molecular flexibility index (Phi) is 2.75. The van der Waals surface area contributed by atoms with Crippen molar-refractivity contribution < 1.29 is 8.42 Å². The highest BCUT2D eigenvalue weighted by atomic mass is 32.2. The Morgan fingerprint density at radius 2 is 2.32 bits per heavy atom. The number of fused-ring (bicyclic) bond motifs is 1. The second-order valence-corrected chi connectivity index (χ2v) is 7.12. The summed E-state index contributed by atoms with van der Waals surface area (Å²) in [5.74, 6) is 0.267. The number of sulfone groups is 1. The lowest BCUT2D eigenvalue weighted by Gasteiger charge is -2.09. The van der Waals surface area contributed by atoms with E-state index in [0.29, 0.717) is 24.0 Å². The number of nitriles is 1. The van der Waals surface area contributed by atoms with Crippen LogP contribution in [-0.4, -0.2) is 34.4 Å². The zero-order valence-corrected chi connectivity index (χ0v) is 11.0. The van der Waals surface area contributed by atoms with Gasteiger partial charge < -0.3 is 0 Å². The molecule has 19 heavy (non-hydrogen) atoms. The zero-order valence-electron chi connectivity index (χ0n) is 10.2. The summed E-state index contributed by atoms with van der Waals surface area (Å²) in [5.41, 5.74) is 1.91. The Morgan fingerprint density at radius 1 is 1.47 bits per heavy atom. The molecule has 1 saturated heterocycles. The van der Waals surface area contributed by atoms with Gasteiger partial charge in [-0.25, -0.2) is 13.1 Å². The van der Waals surface area contributed by atoms with Gasteiger partial charge in [-0.2, -0.15) is 5.26 Å². The molecule has 1 aliphatic heterocycles. The van der Waals surface area contributed by atoms with Crippen molar-refractivity contribution in [1.82, 2.24) is 15.0 Å². The molecule has 98 valence electrons. The number of rotatable bonds is 2. The molecule has 0 aliphatic carbocycles. The zero-order chi connectivity index (χ0) is 13.5. The van der Waals surface area contributed by atoms with Crippen LogP contribution in [0.3, 0.4) is 0 Å². The van der Waals surface area contributed by atoms with Crippen molar-refractivity contribution in [3.05, 3.63) is 23.8 Å². The fourth-order valence-corrected chi connectivity index (χ4v) is 4.23. The maximum Gasteiger partial charge on any atom is 0.154 e. The maximum absolute atomic E-state index is 11.8. The minimum atomic E-state index is -2.99. The third kappa shape index (κ3) is 2.08. The molecule has 1 fully saturated rings. The van der Waals surface area contributed by atoms with Crippen molar-refractivity contribution in [2.24, 2.45) is 0 Å². The summed E-state index contributed by atoms with van der Waals surface area (Å²) in [6.45, 7) is 0.338. The lowest BCUT2D eigenvalue weighted by molar-refractivity contribution is 0.540. The van der Waals surface area contributed by atoms with Crippen molar-refractivity contribution in [2.45, 2.75) is 24.6 Å². The van der Waals surface area contributed by atoms with Gasteiger partial charge in [0.2, 0.25) is 0 Å². The summed E-state index contributed by atoms with van der Waals surface area (Å²) in [5, 5.41) is 16.4. The van der Waals surface area contributed by atoms with Crippen molar-refractivity contribution >= 4 is 20.9 Å². The van der Waals surface area contributed by atoms with Crippen molar-refractivity contribution in [3.63, 3.8) is 0 Å². The van der Waals surface area contributed by atoms with Crippen LogP contribution in [0.1, 0.15) is 18.4 Å². The van der Waals surface area contributed by atoms with Crippen LogP contribution in [0.5, 0.6) is 0 Å². The minimum Gasteiger partial charge on any atom is -0.243 e. The number of hydrogen-bond acceptors (Lipinski definition) is 5. The van der Waals surface area contributed by atoms with Crippen LogP contribution in [0, 0.1) is 11.3 Å². The molecule has 0 spiro atoms. The van der Waals surface area contributed by atoms with Crippen LogP contribution in [0.25, 0.3) is 11.0 Å². The first-order valence-electron chi connectivity index (χ1n) is 6.05. The van der Waals surface area contributed by atoms with Crippen LogP contribution >= 0.6 is 0 Å². The van der Waals surface area contributed by atoms with E-state index in [1.54, 1.807) is 22.9 Å². The van der Waals surface area contributed by atoms with E-state index < -0.39 is 9.84 Å². The minimum absolute atomic E-state index is 0.267. The van der Waals surface area contributed by atoms with Crippen LogP contribution in [0.4, 0.5) is 0 Å². The molecule has 0 radical (unpaired) electrons. The fourth-order valence-electron chi connectivity index (χ4n) is 2.43. The quantitative estimate of drug-likeness (QED) is 0.812. The number of hydrogen-bond donors (Lipinski definition) is 0. The molecule has 1 aromatic heterocycles. The molecule has 1 unspecified atom stereocenters. The van der Waals surface area contributed by atoms with Gasteiger partial charge >= 0.3 is 0 Å². The molecule has 0 amide bonds. The Bertz CT molecular complexity index is 773. The van der Waals surface area contributed by atoms with E-state index in [1.165, 1.54) is 0 Å². The summed E-state index contributed by atoms with van der Waals surface area (Å²) in [6.07, 6.45) is 1.40. The van der Waals surface area contributed by atoms with Gasteiger partial charge in [0.25, 0.3) is 0 Å². The van der Waals surface area contributed by atoms with Crippen molar-refractivity contribution in [1.29, 1.82) is 5.26 Å². The molecule has 2 aromatic rings. The highest BCUT2D eigenvalue weighted by molar-refractivity contribution is 7.92. The van der Waals surface area contributed by atoms with Crippen molar-refractivity contribution in [2.75, 3.05) is 5.75 Å². The van der Waals surface area contributed by atoms with Gasteiger partial charge in [-0.1, -0.05) is 5.21 Å². The molecule has 1 aliphatic rings. The van der Waals surface area contributed by atoms with Crippen LogP contribution in [0.2, 0.25) is 0 Å². The molecule has 0 saturated carbocycles. The number of nitrogens with zero attached hydrogens (tertiary/aromatic N) is 4. The first-order valence-corrected chi connectivity index (χ1v) is 7.76. The molecule has 0 N–H and O–H groups in total. The molecule has 7 heteroatoms. The van der Waals surface area contributed by atoms with E-state index in [0.717, 1.165) is 11.9 Å². The Balaban J connectivity index is 1.96. The molecule has 1 atom stereocenters. The SMILES string of the molecule is N#Cc1ccc2c(c1)nnn2CC1CCCS1(=O)=O. The van der Waals surface area contributed by atoms with Gasteiger partial charge in [0.05, 0.1) is 34.7 Å². The third-order valence-corrected chi connectivity index (χ3v) is 5.74. The van der Waals surface area contributed by atoms with Gasteiger partial charge in [0, 0.05) is 0 Å². The molecule has 3 rings (SSSR count). The monoisotopic (exact) mass is 276 g/mol. The van der Waals surface area contributed by atoms with E-state index in [9.17, 15) is 8.42 Å². The number of benzene rings is 1. The molecule has 0 bridgehead atoms. The fraction of sp³-hybridized carbons (Fsp3) is 0.417. The van der Waals surface area contributed by atoms with Gasteiger partial charge in [-0.3, -0.25) is 0 Å². The Labute approximate surface area is 110 Å². The molecular weight excluding hydrogens is 264 g/mol. The smallest absolute Gasteiger partial charge is 0.154 e. The first-order chi connectivity index (χ1) is 9.10. The Morgan fingerprint density at radius 3 is 3.00 bits per heavy atom. The highest BCUT2D eigenvalue weighted by Crippen LogP contribution is 2.23. The molecule has 6 nitrogen and oxygen atoms in total. The largest absolute Gasteiger partial charge is 0.243 e. The normalized spacial score (nSPS) is 21.5. The van der Waals surface area contributed by atoms with Crippen LogP contribution in [0.15, 0.2) is 18.2 Å². The van der Waals surface area contributed by atoms with Gasteiger partial charge in [-0.15, -0.1) is 5.10 Å². The van der Waals surface area contributed by atoms with E-state index in [4.69, 9.17) is 5.26 Å². The second kappa shape index (κ2) is 4.31. The van der Waals surface area contributed by atoms with Gasteiger partial charge in [-0.05, 0) is 31.0 Å². The van der Waals surface area contributed by atoms with Crippen LogP contribution < -0.4 is 0 Å². The van der Waals surface area contributed by atoms with E-state index in [-0.39, 0.29) is 11.0 Å². The lowest BCUT2D eigenvalue weighted by atomic mass is 10.2. The van der Waals surface area contributed by atoms with Gasteiger partial charge in [0.15, 0.2) is 9.84 Å². The van der Waals surface area contributed by atoms with E-state index >= 15 is 0 Å². The number of aromatic nitrogens is 3. The summed E-state index contributed by atoms with van der Waals surface area (Å²) >= 11 is 0. The summed E-state index contributed by atoms with van der Waals surface area (Å²) in [7, 11) is -2.99. The molecule has 2 heterocycles. The van der Waals surface area contributed by atoms with Crippen LogP contribution in [-0.2, 0) is 16.4 Å². The molecule has 1 aromatic carbocycles. The first kappa shape index (κ1) is 12.1. The predicted molar refractivity (Wildman–Crippen MR) is 69.1 cm³/mol. The van der Waals surface area contributed by atoms with E-state index in [2.05, 4.69) is 10.3 Å². The van der Waals surface area contributed by atoms with Gasteiger partial charge in [0.1, 0.15) is 5.52 Å². The summed E-state index contributed by atoms with van der Waals surface area (Å²) in [4.78, 5) is 0. The van der Waals surface area contributed by atoms with E-state index in [1.807, 2.05) is 6.07 Å². The average Bonchev–Trinajstić information content (AvgIpc) is 2.94. The lowest BCUT2D eigenvalue weighted by Crippen LogP contribution is -2.22. The maximum atomic E-state index is 11.8. The predicted octanol–water partition coefficient (Wildman–Crippen LogP) is 0.880. The highest BCUT2D eigenvalue weighted by Gasteiger charge is 2.32. The molecular formula is C12H12N4O2S.